The van der Waals surface area contributed by atoms with E-state index in [0.29, 0.717) is 10.6 Å². The van der Waals surface area contributed by atoms with Gasteiger partial charge >= 0.3 is 0 Å². The van der Waals surface area contributed by atoms with Crippen molar-refractivity contribution in [2.75, 3.05) is 5.75 Å². The molecule has 70 valence electrons. The molecular weight excluding hydrogens is 190 g/mol. The highest BCUT2D eigenvalue weighted by Gasteiger charge is 2.06. The molecule has 0 aliphatic heterocycles. The second kappa shape index (κ2) is 4.13. The molecule has 1 atom stereocenters. The van der Waals surface area contributed by atoms with Crippen molar-refractivity contribution in [3.8, 4) is 0 Å². The van der Waals surface area contributed by atoms with Crippen molar-refractivity contribution < 1.29 is 9.13 Å². The molecule has 0 radical (unpaired) electrons. The van der Waals surface area contributed by atoms with Gasteiger partial charge in [-0.1, -0.05) is 6.92 Å². The maximum absolute atomic E-state index is 11.2. The van der Waals surface area contributed by atoms with E-state index in [1.165, 1.54) is 24.3 Å². The van der Waals surface area contributed by atoms with Crippen molar-refractivity contribution >= 4 is 16.5 Å². The number of non-ortho nitro benzene ring substituents is 1. The molecule has 0 spiro atoms. The molecule has 0 unspecified atom stereocenters. The number of hydrogen-bond acceptors (Lipinski definition) is 3. The van der Waals surface area contributed by atoms with Crippen molar-refractivity contribution in [1.29, 1.82) is 0 Å². The van der Waals surface area contributed by atoms with Crippen LogP contribution in [0.2, 0.25) is 0 Å². The molecule has 1 aromatic carbocycles. The molecule has 4 nitrogen and oxygen atoms in total. The first kappa shape index (κ1) is 9.85. The van der Waals surface area contributed by atoms with Crippen LogP contribution in [0.25, 0.3) is 0 Å². The lowest BCUT2D eigenvalue weighted by atomic mass is 10.3. The summed E-state index contributed by atoms with van der Waals surface area (Å²) in [5.74, 6) is 0.526. The topological polar surface area (TPSA) is 60.2 Å². The van der Waals surface area contributed by atoms with Gasteiger partial charge in [0.25, 0.3) is 5.69 Å². The van der Waals surface area contributed by atoms with Crippen LogP contribution >= 0.6 is 0 Å². The van der Waals surface area contributed by atoms with Gasteiger partial charge in [-0.3, -0.25) is 14.3 Å². The summed E-state index contributed by atoms with van der Waals surface area (Å²) in [6.45, 7) is 1.80. The minimum Gasteiger partial charge on any atom is -0.258 e. The van der Waals surface area contributed by atoms with Gasteiger partial charge in [0, 0.05) is 22.8 Å². The summed E-state index contributed by atoms with van der Waals surface area (Å²) in [6, 6.07) is 5.78. The second-order valence-corrected chi connectivity index (χ2v) is 4.13. The molecule has 0 aromatic heterocycles. The molecular formula is C8H9NO3S. The van der Waals surface area contributed by atoms with Gasteiger partial charge in [-0.2, -0.15) is 0 Å². The van der Waals surface area contributed by atoms with Crippen LogP contribution in [0.1, 0.15) is 6.92 Å². The molecule has 1 rings (SSSR count). The second-order valence-electron chi connectivity index (χ2n) is 2.39. The highest BCUT2D eigenvalue weighted by molar-refractivity contribution is 7.85. The maximum atomic E-state index is 11.2. The van der Waals surface area contributed by atoms with E-state index in [2.05, 4.69) is 0 Å². The average Bonchev–Trinajstić information content (AvgIpc) is 2.17. The molecule has 0 N–H and O–H groups in total. The van der Waals surface area contributed by atoms with Crippen LogP contribution in [-0.2, 0) is 10.8 Å². The van der Waals surface area contributed by atoms with Crippen LogP contribution in [0.15, 0.2) is 29.2 Å². The predicted octanol–water partition coefficient (Wildman–Crippen LogP) is 1.72. The van der Waals surface area contributed by atoms with Crippen molar-refractivity contribution in [2.24, 2.45) is 0 Å². The number of nitrogens with zero attached hydrogens (tertiary/aromatic N) is 1. The number of nitro groups is 1. The van der Waals surface area contributed by atoms with Crippen molar-refractivity contribution in [3.05, 3.63) is 34.4 Å². The minimum absolute atomic E-state index is 0.0249. The largest absolute Gasteiger partial charge is 0.269 e. The van der Waals surface area contributed by atoms with Gasteiger partial charge in [0.2, 0.25) is 0 Å². The first-order valence-electron chi connectivity index (χ1n) is 3.78. The number of benzene rings is 1. The van der Waals surface area contributed by atoms with Crippen molar-refractivity contribution in [2.45, 2.75) is 11.8 Å². The number of rotatable bonds is 3. The normalized spacial score (nSPS) is 12.4. The quantitative estimate of drug-likeness (QED) is 0.550. The molecule has 1 aromatic rings. The Morgan fingerprint density at radius 3 is 2.31 bits per heavy atom. The van der Waals surface area contributed by atoms with Gasteiger partial charge in [0.15, 0.2) is 0 Å². The molecule has 5 heteroatoms. The highest BCUT2D eigenvalue weighted by atomic mass is 32.2. The van der Waals surface area contributed by atoms with E-state index in [9.17, 15) is 14.3 Å². The summed E-state index contributed by atoms with van der Waals surface area (Å²) in [6.07, 6.45) is 0. The van der Waals surface area contributed by atoms with E-state index in [4.69, 9.17) is 0 Å². The van der Waals surface area contributed by atoms with E-state index in [-0.39, 0.29) is 5.69 Å². The smallest absolute Gasteiger partial charge is 0.258 e. The van der Waals surface area contributed by atoms with E-state index >= 15 is 0 Å². The lowest BCUT2D eigenvalue weighted by Gasteiger charge is -1.97. The zero-order valence-electron chi connectivity index (χ0n) is 7.10. The Labute approximate surface area is 78.2 Å². The molecule has 0 saturated heterocycles. The van der Waals surface area contributed by atoms with Crippen LogP contribution in [-0.4, -0.2) is 14.9 Å². The molecule has 0 heterocycles. The fourth-order valence-corrected chi connectivity index (χ4v) is 1.66. The lowest BCUT2D eigenvalue weighted by molar-refractivity contribution is -0.384. The van der Waals surface area contributed by atoms with E-state index in [1.54, 1.807) is 6.92 Å². The summed E-state index contributed by atoms with van der Waals surface area (Å²) in [4.78, 5) is 10.4. The molecule has 0 amide bonds. The minimum atomic E-state index is -1.03. The van der Waals surface area contributed by atoms with E-state index < -0.39 is 15.7 Å². The first-order valence-corrected chi connectivity index (χ1v) is 5.10. The van der Waals surface area contributed by atoms with Crippen LogP contribution in [0, 0.1) is 10.1 Å². The molecule has 0 bridgehead atoms. The average molecular weight is 199 g/mol. The van der Waals surface area contributed by atoms with Crippen molar-refractivity contribution in [3.63, 3.8) is 0 Å². The summed E-state index contributed by atoms with van der Waals surface area (Å²) in [7, 11) is -1.03. The van der Waals surface area contributed by atoms with Gasteiger partial charge in [-0.25, -0.2) is 0 Å². The summed E-state index contributed by atoms with van der Waals surface area (Å²) >= 11 is 0. The highest BCUT2D eigenvalue weighted by Crippen LogP contribution is 2.14. The van der Waals surface area contributed by atoms with E-state index in [0.717, 1.165) is 0 Å². The lowest BCUT2D eigenvalue weighted by Crippen LogP contribution is -1.94. The molecule has 0 aliphatic rings. The zero-order chi connectivity index (χ0) is 9.84. The number of nitro benzene ring substituents is 1. The van der Waals surface area contributed by atoms with Gasteiger partial charge in [0.05, 0.1) is 15.7 Å². The zero-order valence-corrected chi connectivity index (χ0v) is 7.91. The van der Waals surface area contributed by atoms with Gasteiger partial charge in [-0.15, -0.1) is 0 Å². The predicted molar refractivity (Wildman–Crippen MR) is 50.0 cm³/mol. The molecule has 0 fully saturated rings. The maximum Gasteiger partial charge on any atom is 0.269 e. The Hall–Kier alpha value is -1.23. The summed E-state index contributed by atoms with van der Waals surface area (Å²) in [5, 5.41) is 10.3. The summed E-state index contributed by atoms with van der Waals surface area (Å²) in [5.41, 5.74) is 0.0249. The van der Waals surface area contributed by atoms with Gasteiger partial charge in [0.1, 0.15) is 0 Å². The third-order valence-electron chi connectivity index (χ3n) is 1.57. The first-order chi connectivity index (χ1) is 6.15. The SMILES string of the molecule is CC[S@@](=O)c1ccc([N+](=O)[O-])cc1. The Morgan fingerprint density at radius 1 is 1.38 bits per heavy atom. The third-order valence-corrected chi connectivity index (χ3v) is 2.89. The number of hydrogen-bond donors (Lipinski definition) is 0. The molecule has 0 aliphatic carbocycles. The standard InChI is InChI=1S/C8H9NO3S/c1-2-13(12)8-5-3-7(4-6-8)9(10)11/h3-6H,2H2,1H3/t13-/m1/s1. The van der Waals surface area contributed by atoms with Crippen molar-refractivity contribution in [1.82, 2.24) is 0 Å². The Bertz CT molecular complexity index is 334. The fraction of sp³-hybridized carbons (Fsp3) is 0.250. The Balaban J connectivity index is 2.93. The third kappa shape index (κ3) is 2.35. The molecule has 0 saturated carbocycles. The van der Waals surface area contributed by atoms with Crippen LogP contribution in [0.3, 0.4) is 0 Å². The monoisotopic (exact) mass is 199 g/mol. The fourth-order valence-electron chi connectivity index (χ4n) is 0.886. The van der Waals surface area contributed by atoms with Gasteiger partial charge in [-0.05, 0) is 12.1 Å². The Morgan fingerprint density at radius 2 is 1.92 bits per heavy atom. The summed E-state index contributed by atoms with van der Waals surface area (Å²) < 4.78 is 11.2. The van der Waals surface area contributed by atoms with Crippen LogP contribution in [0.5, 0.6) is 0 Å². The van der Waals surface area contributed by atoms with E-state index in [1.807, 2.05) is 0 Å². The molecule has 13 heavy (non-hydrogen) atoms. The Kier molecular flexibility index (Phi) is 3.13. The van der Waals surface area contributed by atoms with Gasteiger partial charge < -0.3 is 0 Å². The van der Waals surface area contributed by atoms with Crippen LogP contribution in [0.4, 0.5) is 5.69 Å². The van der Waals surface area contributed by atoms with Crippen LogP contribution < -0.4 is 0 Å².